The number of alkyl halides is 2. The number of likely N-dealkylation sites (N-methyl/N-ethyl adjacent to an activating group) is 1. The summed E-state index contributed by atoms with van der Waals surface area (Å²) in [6.07, 6.45) is -1.36. The molecular weight excluding hydrogens is 405 g/mol. The molecule has 0 saturated heterocycles. The van der Waals surface area contributed by atoms with Crippen LogP contribution in [0.1, 0.15) is 10.4 Å². The monoisotopic (exact) mass is 422 g/mol. The second-order valence-electron chi connectivity index (χ2n) is 5.47. The maximum absolute atomic E-state index is 14.4. The molecule has 28 heavy (non-hydrogen) atoms. The second kappa shape index (κ2) is 8.04. The highest BCUT2D eigenvalue weighted by atomic mass is 32.2. The van der Waals surface area contributed by atoms with Gasteiger partial charge in [0.05, 0.1) is 19.9 Å². The molecule has 1 aromatic rings. The molecule has 2 rings (SSSR count). The number of carbonyl (C=O) groups is 1. The molecule has 1 atom stereocenters. The molecule has 1 aliphatic rings. The van der Waals surface area contributed by atoms with E-state index in [4.69, 9.17) is 9.47 Å². The average molecular weight is 422 g/mol. The Balaban J connectivity index is 2.58. The number of sulfonamides is 1. The number of nitrogens with zero attached hydrogens (tertiary/aromatic N) is 4. The van der Waals surface area contributed by atoms with Gasteiger partial charge < -0.3 is 14.4 Å². The van der Waals surface area contributed by atoms with E-state index in [0.29, 0.717) is 0 Å². The fraction of sp³-hybridized carbons (Fsp3) is 0.400. The van der Waals surface area contributed by atoms with E-state index in [1.807, 2.05) is 0 Å². The number of aliphatic imine (C=N–C) groups is 2. The fourth-order valence-corrected chi connectivity index (χ4v) is 3.11. The summed E-state index contributed by atoms with van der Waals surface area (Å²) in [6, 6.07) is 2.84. The zero-order chi connectivity index (χ0) is 21.2. The van der Waals surface area contributed by atoms with Crippen LogP contribution in [0.4, 0.5) is 18.9 Å². The molecule has 0 fully saturated rings. The summed E-state index contributed by atoms with van der Waals surface area (Å²) in [6.45, 7) is 0. The average Bonchev–Trinajstić information content (AvgIpc) is 2.66. The smallest absolute Gasteiger partial charge is 0.355 e. The number of amidine groups is 2. The Bertz CT molecular complexity index is 936. The van der Waals surface area contributed by atoms with E-state index < -0.39 is 44.8 Å². The number of hydrogen-bond acceptors (Lipinski definition) is 8. The first-order valence-corrected chi connectivity index (χ1v) is 9.12. The standard InChI is InChI=1S/C15H17F3N4O5S/c1-21-12(19-14(26-3)20-15(21)27-4)11(23)8-6-5-7-9(16)10(8)22(2)28(24,25)13(17)18/h5-7,12-13H,1-4H3. The summed E-state index contributed by atoms with van der Waals surface area (Å²) in [5.74, 6) is -5.86. The van der Waals surface area contributed by atoms with E-state index in [1.165, 1.54) is 26.2 Å². The van der Waals surface area contributed by atoms with Gasteiger partial charge in [0.1, 0.15) is 5.82 Å². The van der Waals surface area contributed by atoms with Crippen molar-refractivity contribution in [1.29, 1.82) is 0 Å². The van der Waals surface area contributed by atoms with Crippen molar-refractivity contribution >= 4 is 33.5 Å². The van der Waals surface area contributed by atoms with Crippen LogP contribution < -0.4 is 4.31 Å². The van der Waals surface area contributed by atoms with Gasteiger partial charge >= 0.3 is 11.8 Å². The van der Waals surface area contributed by atoms with Crippen LogP contribution >= 0.6 is 0 Å². The second-order valence-corrected chi connectivity index (χ2v) is 7.41. The lowest BCUT2D eigenvalue weighted by atomic mass is 10.1. The summed E-state index contributed by atoms with van der Waals surface area (Å²) in [5, 5.41) is 0. The number of anilines is 1. The molecule has 0 N–H and O–H groups in total. The van der Waals surface area contributed by atoms with Gasteiger partial charge in [0, 0.05) is 19.7 Å². The minimum absolute atomic E-state index is 0.0370. The topological polar surface area (TPSA) is 101 Å². The van der Waals surface area contributed by atoms with Gasteiger partial charge in [0.2, 0.25) is 5.78 Å². The molecule has 1 aromatic carbocycles. The van der Waals surface area contributed by atoms with Crippen LogP contribution in [0.2, 0.25) is 0 Å². The molecule has 0 radical (unpaired) electrons. The first-order valence-electron chi connectivity index (χ1n) is 7.62. The fourth-order valence-electron chi connectivity index (χ4n) is 2.43. The molecule has 0 amide bonds. The number of rotatable bonds is 5. The summed E-state index contributed by atoms with van der Waals surface area (Å²) < 4.78 is 73.7. The first-order chi connectivity index (χ1) is 13.1. The minimum Gasteiger partial charge on any atom is -0.468 e. The number of Topliss-reactive ketones (excluding diaryl/α,β-unsaturated/α-hetero) is 1. The van der Waals surface area contributed by atoms with E-state index in [9.17, 15) is 26.4 Å². The highest BCUT2D eigenvalue weighted by Gasteiger charge is 2.37. The Hall–Kier alpha value is -2.83. The largest absolute Gasteiger partial charge is 0.468 e. The van der Waals surface area contributed by atoms with Crippen LogP contribution in [0.15, 0.2) is 28.2 Å². The molecule has 1 heterocycles. The summed E-state index contributed by atoms with van der Waals surface area (Å²) >= 11 is 0. The molecule has 0 bridgehead atoms. The van der Waals surface area contributed by atoms with Gasteiger partial charge in [0.15, 0.2) is 6.17 Å². The number of carbonyl (C=O) groups excluding carboxylic acids is 1. The molecule has 1 aliphatic heterocycles. The number of halogens is 3. The molecule has 13 heteroatoms. The van der Waals surface area contributed by atoms with Crippen LogP contribution in [0.25, 0.3) is 0 Å². The maximum atomic E-state index is 14.4. The zero-order valence-corrected chi connectivity index (χ0v) is 16.1. The van der Waals surface area contributed by atoms with Crippen molar-refractivity contribution in [3.8, 4) is 0 Å². The third-order valence-corrected chi connectivity index (χ3v) is 5.26. The Morgan fingerprint density at radius 3 is 2.46 bits per heavy atom. The number of benzene rings is 1. The van der Waals surface area contributed by atoms with Crippen molar-refractivity contribution in [1.82, 2.24) is 4.90 Å². The van der Waals surface area contributed by atoms with Crippen molar-refractivity contribution in [2.24, 2.45) is 9.98 Å². The van der Waals surface area contributed by atoms with Gasteiger partial charge in [-0.15, -0.1) is 4.99 Å². The van der Waals surface area contributed by atoms with E-state index in [1.54, 1.807) is 0 Å². The Morgan fingerprint density at radius 2 is 1.93 bits per heavy atom. The lowest BCUT2D eigenvalue weighted by Gasteiger charge is -2.29. The molecule has 0 spiro atoms. The summed E-state index contributed by atoms with van der Waals surface area (Å²) in [7, 11) is -0.534. The van der Waals surface area contributed by atoms with E-state index >= 15 is 0 Å². The maximum Gasteiger partial charge on any atom is 0.355 e. The Labute approximate surface area is 159 Å². The molecule has 9 nitrogen and oxygen atoms in total. The first kappa shape index (κ1) is 21.5. The van der Waals surface area contributed by atoms with Gasteiger partial charge in [-0.25, -0.2) is 12.8 Å². The molecule has 0 aliphatic carbocycles. The molecule has 0 aromatic heterocycles. The summed E-state index contributed by atoms with van der Waals surface area (Å²) in [5.41, 5.74) is -1.29. The normalized spacial score (nSPS) is 17.1. The van der Waals surface area contributed by atoms with Crippen molar-refractivity contribution in [3.63, 3.8) is 0 Å². The van der Waals surface area contributed by atoms with Gasteiger partial charge in [-0.05, 0) is 12.1 Å². The number of ether oxygens (including phenoxy) is 2. The SMILES string of the molecule is COC1=NC(C(=O)c2cccc(F)c2N(C)S(=O)(=O)C(F)F)N(C)C(OC)=N1. The molecule has 0 saturated carbocycles. The van der Waals surface area contributed by atoms with Crippen LogP contribution in [0.5, 0.6) is 0 Å². The lowest BCUT2D eigenvalue weighted by molar-refractivity contribution is 0.0884. The van der Waals surface area contributed by atoms with Gasteiger partial charge in [-0.2, -0.15) is 13.8 Å². The van der Waals surface area contributed by atoms with Gasteiger partial charge in [-0.3, -0.25) is 9.10 Å². The van der Waals surface area contributed by atoms with Crippen molar-refractivity contribution < 1.29 is 35.9 Å². The van der Waals surface area contributed by atoms with Crippen LogP contribution in [0.3, 0.4) is 0 Å². The summed E-state index contributed by atoms with van der Waals surface area (Å²) in [4.78, 5) is 22.0. The van der Waals surface area contributed by atoms with Crippen molar-refractivity contribution in [2.45, 2.75) is 11.9 Å². The van der Waals surface area contributed by atoms with Crippen LogP contribution in [-0.2, 0) is 19.5 Å². The van der Waals surface area contributed by atoms with E-state index in [-0.39, 0.29) is 16.3 Å². The lowest BCUT2D eigenvalue weighted by Crippen LogP contribution is -2.46. The van der Waals surface area contributed by atoms with Crippen LogP contribution in [0, 0.1) is 5.82 Å². The Kier molecular flexibility index (Phi) is 6.17. The third-order valence-electron chi connectivity index (χ3n) is 3.87. The van der Waals surface area contributed by atoms with E-state index in [2.05, 4.69) is 9.98 Å². The number of para-hydroxylation sites is 1. The minimum atomic E-state index is -5.20. The van der Waals surface area contributed by atoms with Gasteiger partial charge in [0.25, 0.3) is 16.0 Å². The predicted octanol–water partition coefficient (Wildman–Crippen LogP) is 1.27. The number of methoxy groups -OCH3 is 2. The van der Waals surface area contributed by atoms with E-state index in [0.717, 1.165) is 25.2 Å². The molecular formula is C15H17F3N4O5S. The highest BCUT2D eigenvalue weighted by Crippen LogP contribution is 2.30. The number of ketones is 1. The van der Waals surface area contributed by atoms with Gasteiger partial charge in [-0.1, -0.05) is 6.07 Å². The number of hydrogen-bond donors (Lipinski definition) is 0. The van der Waals surface area contributed by atoms with Crippen molar-refractivity contribution in [3.05, 3.63) is 29.6 Å². The molecule has 1 unspecified atom stereocenters. The Morgan fingerprint density at radius 1 is 1.29 bits per heavy atom. The quantitative estimate of drug-likeness (QED) is 0.663. The molecule has 154 valence electrons. The predicted molar refractivity (Wildman–Crippen MR) is 94.5 cm³/mol. The third kappa shape index (κ3) is 3.74. The highest BCUT2D eigenvalue weighted by molar-refractivity contribution is 7.93. The van der Waals surface area contributed by atoms with Crippen LogP contribution in [-0.4, -0.2) is 71.4 Å². The van der Waals surface area contributed by atoms with Crippen molar-refractivity contribution in [2.75, 3.05) is 32.6 Å². The zero-order valence-electron chi connectivity index (χ0n) is 15.3.